The molecule has 0 spiro atoms. The SMILES string of the molecule is [C-]#[N+]c1ccn(-c2cncc(C(C)(C)c3cncc(-n4ccc(C#N)n4)n3)n2)n1. The molecule has 0 saturated carbocycles. The van der Waals surface area contributed by atoms with Crippen LogP contribution in [0.4, 0.5) is 5.82 Å². The standard InChI is InChI=1S/C19H14N10/c1-19(2,14-9-22-11-17(24-14)28-6-4-13(8-20)26-28)15-10-23-12-18(25-15)29-7-5-16(21-3)27-29/h4-7,9-12H,1-2H3. The topological polar surface area (TPSA) is 115 Å². The second-order valence-electron chi connectivity index (χ2n) is 6.64. The molecular formula is C19H14N10. The van der Waals surface area contributed by atoms with Gasteiger partial charge in [0.1, 0.15) is 6.07 Å². The van der Waals surface area contributed by atoms with Gasteiger partial charge in [0.25, 0.3) is 5.82 Å². The Labute approximate surface area is 166 Å². The molecular weight excluding hydrogens is 368 g/mol. The van der Waals surface area contributed by atoms with Gasteiger partial charge in [-0.2, -0.15) is 10.4 Å². The highest BCUT2D eigenvalue weighted by Crippen LogP contribution is 2.28. The summed E-state index contributed by atoms with van der Waals surface area (Å²) in [5.74, 6) is 1.28. The van der Waals surface area contributed by atoms with Crippen molar-refractivity contribution in [2.24, 2.45) is 0 Å². The highest BCUT2D eigenvalue weighted by Gasteiger charge is 2.28. The van der Waals surface area contributed by atoms with Crippen molar-refractivity contribution >= 4 is 5.82 Å². The Morgan fingerprint density at radius 3 is 2.03 bits per heavy atom. The number of nitrogens with zero attached hydrogens (tertiary/aromatic N) is 10. The van der Waals surface area contributed by atoms with E-state index in [1.165, 1.54) is 9.36 Å². The lowest BCUT2D eigenvalue weighted by molar-refractivity contribution is 0.580. The summed E-state index contributed by atoms with van der Waals surface area (Å²) in [6, 6.07) is 5.21. The fraction of sp³-hybridized carbons (Fsp3) is 0.158. The zero-order valence-corrected chi connectivity index (χ0v) is 15.6. The molecule has 0 radical (unpaired) electrons. The van der Waals surface area contributed by atoms with Gasteiger partial charge in [-0.05, 0) is 31.1 Å². The Hall–Kier alpha value is -4.44. The molecule has 0 N–H and O–H groups in total. The summed E-state index contributed by atoms with van der Waals surface area (Å²) >= 11 is 0. The van der Waals surface area contributed by atoms with Crippen molar-refractivity contribution in [2.75, 3.05) is 0 Å². The van der Waals surface area contributed by atoms with Gasteiger partial charge in [-0.1, -0.05) is 6.57 Å². The Balaban J connectivity index is 1.72. The third-order valence-corrected chi connectivity index (χ3v) is 4.39. The molecule has 0 aliphatic carbocycles. The predicted octanol–water partition coefficient (Wildman–Crippen LogP) is 2.39. The summed E-state index contributed by atoms with van der Waals surface area (Å²) in [5, 5.41) is 17.3. The van der Waals surface area contributed by atoms with E-state index < -0.39 is 5.41 Å². The number of rotatable bonds is 4. The van der Waals surface area contributed by atoms with E-state index in [4.69, 9.17) is 11.8 Å². The Bertz CT molecular complexity index is 1170. The van der Waals surface area contributed by atoms with Gasteiger partial charge in [0.2, 0.25) is 0 Å². The first-order chi connectivity index (χ1) is 14.0. The second-order valence-corrected chi connectivity index (χ2v) is 6.64. The quantitative estimate of drug-likeness (QED) is 0.498. The van der Waals surface area contributed by atoms with Gasteiger partial charge in [-0.3, -0.25) is 9.97 Å². The van der Waals surface area contributed by atoms with Crippen LogP contribution in [0.25, 0.3) is 16.5 Å². The zero-order chi connectivity index (χ0) is 20.4. The lowest BCUT2D eigenvalue weighted by Crippen LogP contribution is -2.24. The smallest absolute Gasteiger partial charge is 0.295 e. The fourth-order valence-corrected chi connectivity index (χ4v) is 2.68. The van der Waals surface area contributed by atoms with Crippen LogP contribution in [0.15, 0.2) is 49.3 Å². The number of nitriles is 1. The summed E-state index contributed by atoms with van der Waals surface area (Å²) < 4.78 is 3.01. The molecule has 140 valence electrons. The highest BCUT2D eigenvalue weighted by atomic mass is 15.3. The molecule has 4 aromatic heterocycles. The van der Waals surface area contributed by atoms with Crippen molar-refractivity contribution in [3.8, 4) is 17.7 Å². The molecule has 0 bridgehead atoms. The van der Waals surface area contributed by atoms with Gasteiger partial charge in [-0.15, -0.1) is 4.68 Å². The molecule has 4 rings (SSSR count). The van der Waals surface area contributed by atoms with Crippen LogP contribution in [0, 0.1) is 17.9 Å². The summed E-state index contributed by atoms with van der Waals surface area (Å²) in [5.41, 5.74) is 1.01. The molecule has 0 fully saturated rings. The molecule has 0 atom stereocenters. The van der Waals surface area contributed by atoms with Gasteiger partial charge >= 0.3 is 0 Å². The monoisotopic (exact) mass is 382 g/mol. The molecule has 0 amide bonds. The van der Waals surface area contributed by atoms with E-state index in [1.807, 2.05) is 19.9 Å². The molecule has 4 heterocycles. The zero-order valence-electron chi connectivity index (χ0n) is 15.6. The maximum Gasteiger partial charge on any atom is 0.295 e. The molecule has 4 aromatic rings. The summed E-state index contributed by atoms with van der Waals surface area (Å²) in [6.07, 6.45) is 9.81. The minimum absolute atomic E-state index is 0.283. The van der Waals surface area contributed by atoms with E-state index in [1.54, 1.807) is 49.3 Å². The molecule has 0 aliphatic rings. The molecule has 0 aromatic carbocycles. The van der Waals surface area contributed by atoms with E-state index in [0.29, 0.717) is 28.7 Å². The normalized spacial score (nSPS) is 11.0. The molecule has 29 heavy (non-hydrogen) atoms. The minimum atomic E-state index is -0.618. The van der Waals surface area contributed by atoms with Crippen molar-refractivity contribution < 1.29 is 0 Å². The molecule has 0 unspecified atom stereocenters. The van der Waals surface area contributed by atoms with Crippen LogP contribution in [-0.4, -0.2) is 39.5 Å². The van der Waals surface area contributed by atoms with Crippen LogP contribution < -0.4 is 0 Å². The average molecular weight is 382 g/mol. The molecule has 0 aliphatic heterocycles. The number of hydrogen-bond donors (Lipinski definition) is 0. The van der Waals surface area contributed by atoms with Gasteiger partial charge in [0, 0.05) is 24.8 Å². The van der Waals surface area contributed by atoms with Gasteiger partial charge in [0.05, 0.1) is 29.2 Å². The summed E-state index contributed by atoms with van der Waals surface area (Å²) in [7, 11) is 0. The summed E-state index contributed by atoms with van der Waals surface area (Å²) in [4.78, 5) is 21.2. The van der Waals surface area contributed by atoms with Crippen molar-refractivity contribution in [2.45, 2.75) is 19.3 Å². The predicted molar refractivity (Wildman–Crippen MR) is 101 cm³/mol. The van der Waals surface area contributed by atoms with Crippen molar-refractivity contribution in [3.63, 3.8) is 0 Å². The largest absolute Gasteiger partial charge is 0.359 e. The lowest BCUT2D eigenvalue weighted by atomic mass is 9.86. The van der Waals surface area contributed by atoms with Crippen LogP contribution in [0.3, 0.4) is 0 Å². The number of aromatic nitrogens is 8. The maximum atomic E-state index is 8.97. The van der Waals surface area contributed by atoms with Crippen LogP contribution in [-0.2, 0) is 5.41 Å². The first-order valence-corrected chi connectivity index (χ1v) is 8.56. The molecule has 0 saturated heterocycles. The van der Waals surface area contributed by atoms with Crippen LogP contribution in [0.2, 0.25) is 0 Å². The Morgan fingerprint density at radius 2 is 1.52 bits per heavy atom. The van der Waals surface area contributed by atoms with Crippen molar-refractivity contribution in [3.05, 3.63) is 77.8 Å². The molecule has 10 heteroatoms. The Kier molecular flexibility index (Phi) is 4.30. The minimum Gasteiger partial charge on any atom is -0.359 e. The van der Waals surface area contributed by atoms with E-state index in [9.17, 15) is 0 Å². The highest BCUT2D eigenvalue weighted by molar-refractivity contribution is 5.37. The van der Waals surface area contributed by atoms with Crippen molar-refractivity contribution in [1.82, 2.24) is 39.5 Å². The third kappa shape index (κ3) is 3.31. The second kappa shape index (κ2) is 6.94. The van der Waals surface area contributed by atoms with Crippen LogP contribution >= 0.6 is 0 Å². The number of hydrogen-bond acceptors (Lipinski definition) is 7. The lowest BCUT2D eigenvalue weighted by Gasteiger charge is -2.23. The summed E-state index contributed by atoms with van der Waals surface area (Å²) in [6.45, 7) is 11.0. The first kappa shape index (κ1) is 17.9. The van der Waals surface area contributed by atoms with E-state index in [0.717, 1.165) is 0 Å². The van der Waals surface area contributed by atoms with E-state index in [2.05, 4.69) is 35.0 Å². The van der Waals surface area contributed by atoms with Gasteiger partial charge < -0.3 is 4.85 Å². The van der Waals surface area contributed by atoms with Gasteiger partial charge in [-0.25, -0.2) is 14.6 Å². The molecule has 10 nitrogen and oxygen atoms in total. The van der Waals surface area contributed by atoms with E-state index >= 15 is 0 Å². The van der Waals surface area contributed by atoms with Crippen LogP contribution in [0.5, 0.6) is 0 Å². The Morgan fingerprint density at radius 1 is 0.931 bits per heavy atom. The van der Waals surface area contributed by atoms with Crippen molar-refractivity contribution in [1.29, 1.82) is 5.26 Å². The van der Waals surface area contributed by atoms with Crippen LogP contribution in [0.1, 0.15) is 30.9 Å². The first-order valence-electron chi connectivity index (χ1n) is 8.56. The maximum absolute atomic E-state index is 8.97. The third-order valence-electron chi connectivity index (χ3n) is 4.39. The van der Waals surface area contributed by atoms with Gasteiger partial charge in [0.15, 0.2) is 17.3 Å². The van der Waals surface area contributed by atoms with E-state index in [-0.39, 0.29) is 5.82 Å². The fourth-order valence-electron chi connectivity index (χ4n) is 2.68. The average Bonchev–Trinajstić information content (AvgIpc) is 3.43.